The summed E-state index contributed by atoms with van der Waals surface area (Å²) in [4.78, 5) is 6.61. The van der Waals surface area contributed by atoms with E-state index in [0.29, 0.717) is 6.54 Å². The number of likely N-dealkylation sites (tertiary alicyclic amines) is 1. The van der Waals surface area contributed by atoms with E-state index < -0.39 is 0 Å². The molecular weight excluding hydrogens is 258 g/mol. The van der Waals surface area contributed by atoms with Gasteiger partial charge < -0.3 is 9.67 Å². The minimum Gasteiger partial charge on any atom is -0.395 e. The number of hydrogen-bond acceptors (Lipinski definition) is 6. The smallest absolute Gasteiger partial charge is 0.168 e. The number of hydrogen-bond donors (Lipinski definition) is 1. The van der Waals surface area contributed by atoms with Gasteiger partial charge in [-0.15, -0.1) is 5.10 Å². The van der Waals surface area contributed by atoms with E-state index in [2.05, 4.69) is 25.4 Å². The molecule has 0 amide bonds. The molecular formula is C12H19N7O. The third-order valence-corrected chi connectivity index (χ3v) is 4.05. The molecule has 1 fully saturated rings. The van der Waals surface area contributed by atoms with Gasteiger partial charge in [0.15, 0.2) is 5.82 Å². The van der Waals surface area contributed by atoms with E-state index in [9.17, 15) is 5.11 Å². The molecule has 20 heavy (non-hydrogen) atoms. The van der Waals surface area contributed by atoms with Crippen molar-refractivity contribution in [1.82, 2.24) is 34.7 Å². The van der Waals surface area contributed by atoms with E-state index in [1.807, 2.05) is 24.9 Å². The summed E-state index contributed by atoms with van der Waals surface area (Å²) in [5.41, 5.74) is 0. The van der Waals surface area contributed by atoms with Crippen LogP contribution >= 0.6 is 0 Å². The molecule has 1 aliphatic heterocycles. The van der Waals surface area contributed by atoms with E-state index in [1.54, 1.807) is 10.9 Å². The third-order valence-electron chi connectivity index (χ3n) is 4.05. The molecule has 1 saturated heterocycles. The van der Waals surface area contributed by atoms with Gasteiger partial charge in [-0.3, -0.25) is 4.90 Å². The molecule has 0 bridgehead atoms. The molecule has 1 aliphatic rings. The van der Waals surface area contributed by atoms with Gasteiger partial charge in [-0.25, -0.2) is 9.67 Å². The van der Waals surface area contributed by atoms with Crippen molar-refractivity contribution in [1.29, 1.82) is 0 Å². The summed E-state index contributed by atoms with van der Waals surface area (Å²) in [6, 6.07) is 0.261. The molecule has 2 aromatic rings. The first-order valence-electron chi connectivity index (χ1n) is 6.75. The number of aryl methyl sites for hydroxylation is 2. The Balaban J connectivity index is 1.87. The number of rotatable bonds is 4. The van der Waals surface area contributed by atoms with Gasteiger partial charge in [0.05, 0.1) is 19.2 Å². The van der Waals surface area contributed by atoms with Gasteiger partial charge in [0.1, 0.15) is 5.82 Å². The van der Waals surface area contributed by atoms with Crippen LogP contribution < -0.4 is 0 Å². The molecule has 8 nitrogen and oxygen atoms in total. The Hall–Kier alpha value is -1.80. The Morgan fingerprint density at radius 1 is 1.35 bits per heavy atom. The molecule has 0 unspecified atom stereocenters. The Bertz CT molecular complexity index is 578. The van der Waals surface area contributed by atoms with Crippen LogP contribution in [-0.4, -0.2) is 52.4 Å². The first-order valence-corrected chi connectivity index (χ1v) is 6.75. The van der Waals surface area contributed by atoms with Crippen LogP contribution in [0.25, 0.3) is 0 Å². The second kappa shape index (κ2) is 5.29. The van der Waals surface area contributed by atoms with E-state index in [1.165, 1.54) is 0 Å². The number of aliphatic hydroxyl groups is 1. The first kappa shape index (κ1) is 13.2. The van der Waals surface area contributed by atoms with Crippen molar-refractivity contribution in [2.24, 2.45) is 14.1 Å². The molecule has 3 heterocycles. The van der Waals surface area contributed by atoms with E-state index in [4.69, 9.17) is 0 Å². The SMILES string of the molecule is Cn1ccnc1CN1[C@H](CO)CC[C@H]1c1nnnn1C. The van der Waals surface area contributed by atoms with Crippen LogP contribution in [0.15, 0.2) is 12.4 Å². The van der Waals surface area contributed by atoms with Gasteiger partial charge in [0.25, 0.3) is 0 Å². The molecule has 108 valence electrons. The van der Waals surface area contributed by atoms with E-state index >= 15 is 0 Å². The molecule has 8 heteroatoms. The highest BCUT2D eigenvalue weighted by Gasteiger charge is 2.37. The molecule has 2 aromatic heterocycles. The summed E-state index contributed by atoms with van der Waals surface area (Å²) < 4.78 is 3.70. The lowest BCUT2D eigenvalue weighted by molar-refractivity contribution is 0.114. The summed E-state index contributed by atoms with van der Waals surface area (Å²) >= 11 is 0. The van der Waals surface area contributed by atoms with Crippen molar-refractivity contribution in [3.8, 4) is 0 Å². The van der Waals surface area contributed by atoms with Crippen molar-refractivity contribution in [3.05, 3.63) is 24.0 Å². The van der Waals surface area contributed by atoms with Gasteiger partial charge >= 0.3 is 0 Å². The van der Waals surface area contributed by atoms with Crippen LogP contribution in [-0.2, 0) is 20.6 Å². The number of tetrazole rings is 1. The highest BCUT2D eigenvalue weighted by Crippen LogP contribution is 2.35. The van der Waals surface area contributed by atoms with E-state index in [-0.39, 0.29) is 18.7 Å². The predicted octanol–water partition coefficient (Wildman–Crippen LogP) is -0.358. The zero-order valence-electron chi connectivity index (χ0n) is 11.7. The Morgan fingerprint density at radius 2 is 2.20 bits per heavy atom. The summed E-state index contributed by atoms with van der Waals surface area (Å²) in [6.45, 7) is 0.832. The van der Waals surface area contributed by atoms with Crippen LogP contribution in [0.1, 0.15) is 30.5 Å². The molecule has 0 aromatic carbocycles. The van der Waals surface area contributed by atoms with E-state index in [0.717, 1.165) is 24.5 Å². The molecule has 0 spiro atoms. The van der Waals surface area contributed by atoms with Crippen molar-refractivity contribution in [2.45, 2.75) is 31.5 Å². The molecule has 0 aliphatic carbocycles. The van der Waals surface area contributed by atoms with Crippen molar-refractivity contribution >= 4 is 0 Å². The lowest BCUT2D eigenvalue weighted by Gasteiger charge is -2.27. The van der Waals surface area contributed by atoms with Crippen LogP contribution in [0, 0.1) is 0 Å². The van der Waals surface area contributed by atoms with Gasteiger partial charge in [0.2, 0.25) is 0 Å². The Kier molecular flexibility index (Phi) is 3.49. The molecule has 0 radical (unpaired) electrons. The maximum absolute atomic E-state index is 9.59. The highest BCUT2D eigenvalue weighted by molar-refractivity contribution is 5.02. The minimum absolute atomic E-state index is 0.129. The third kappa shape index (κ3) is 2.20. The lowest BCUT2D eigenvalue weighted by atomic mass is 10.2. The van der Waals surface area contributed by atoms with Gasteiger partial charge in [-0.05, 0) is 23.3 Å². The second-order valence-corrected chi connectivity index (χ2v) is 5.22. The van der Waals surface area contributed by atoms with Gasteiger partial charge in [-0.2, -0.15) is 0 Å². The zero-order valence-corrected chi connectivity index (χ0v) is 11.7. The Labute approximate surface area is 117 Å². The Morgan fingerprint density at radius 3 is 2.80 bits per heavy atom. The van der Waals surface area contributed by atoms with Gasteiger partial charge in [0, 0.05) is 32.5 Å². The standard InChI is InChI=1S/C12H19N7O/c1-17-6-5-13-11(17)7-19-9(8-20)3-4-10(19)12-14-15-16-18(12)2/h5-6,9-10,20H,3-4,7-8H2,1-2H3/t9-,10-/m0/s1. The molecule has 1 N–H and O–H groups in total. The maximum Gasteiger partial charge on any atom is 0.168 e. The van der Waals surface area contributed by atoms with Crippen LogP contribution in [0.3, 0.4) is 0 Å². The van der Waals surface area contributed by atoms with Crippen molar-refractivity contribution < 1.29 is 5.11 Å². The number of aliphatic hydroxyl groups excluding tert-OH is 1. The predicted molar refractivity (Wildman–Crippen MR) is 70.4 cm³/mol. The molecule has 0 saturated carbocycles. The summed E-state index contributed by atoms with van der Waals surface area (Å²) in [5, 5.41) is 21.3. The average molecular weight is 277 g/mol. The van der Waals surface area contributed by atoms with Crippen molar-refractivity contribution in [2.75, 3.05) is 6.61 Å². The summed E-state index contributed by atoms with van der Waals surface area (Å²) in [6.07, 6.45) is 5.61. The highest BCUT2D eigenvalue weighted by atomic mass is 16.3. The second-order valence-electron chi connectivity index (χ2n) is 5.22. The molecule has 3 rings (SSSR count). The van der Waals surface area contributed by atoms with Crippen molar-refractivity contribution in [3.63, 3.8) is 0 Å². The largest absolute Gasteiger partial charge is 0.395 e. The topological polar surface area (TPSA) is 84.9 Å². The number of nitrogens with zero attached hydrogens (tertiary/aromatic N) is 7. The van der Waals surface area contributed by atoms with Crippen LogP contribution in [0.2, 0.25) is 0 Å². The fourth-order valence-electron chi connectivity index (χ4n) is 2.88. The van der Waals surface area contributed by atoms with Crippen LogP contribution in [0.5, 0.6) is 0 Å². The van der Waals surface area contributed by atoms with Gasteiger partial charge in [-0.1, -0.05) is 0 Å². The quantitative estimate of drug-likeness (QED) is 0.821. The molecule has 2 atom stereocenters. The maximum atomic E-state index is 9.59. The summed E-state index contributed by atoms with van der Waals surface area (Å²) in [5.74, 6) is 1.82. The number of aromatic nitrogens is 6. The normalized spacial score (nSPS) is 23.6. The number of imidazole rings is 1. The first-order chi connectivity index (χ1) is 9.70. The summed E-state index contributed by atoms with van der Waals surface area (Å²) in [7, 11) is 3.83. The van der Waals surface area contributed by atoms with Crippen LogP contribution in [0.4, 0.5) is 0 Å². The fourth-order valence-corrected chi connectivity index (χ4v) is 2.88. The zero-order chi connectivity index (χ0) is 14.1. The average Bonchev–Trinajstić information content (AvgIpc) is 3.12. The minimum atomic E-state index is 0.129. The monoisotopic (exact) mass is 277 g/mol. The lowest BCUT2D eigenvalue weighted by Crippen LogP contribution is -2.35. The fraction of sp³-hybridized carbons (Fsp3) is 0.667.